The molecule has 0 spiro atoms. The van der Waals surface area contributed by atoms with Crippen LogP contribution in [0.1, 0.15) is 43.6 Å². The van der Waals surface area contributed by atoms with Crippen LogP contribution in [0.5, 0.6) is 0 Å². The highest BCUT2D eigenvalue weighted by molar-refractivity contribution is 9.09. The van der Waals surface area contributed by atoms with Crippen LogP contribution in [0.25, 0.3) is 0 Å². The van der Waals surface area contributed by atoms with Crippen LogP contribution in [-0.2, 0) is 5.41 Å². The van der Waals surface area contributed by atoms with Gasteiger partial charge in [-0.25, -0.2) is 0 Å². The molecule has 3 heteroatoms. The van der Waals surface area contributed by atoms with Crippen LogP contribution in [0.4, 0.5) is 0 Å². The second-order valence-electron chi connectivity index (χ2n) is 5.79. The molecule has 0 saturated carbocycles. The summed E-state index contributed by atoms with van der Waals surface area (Å²) in [5, 5.41) is 0. The largest absolute Gasteiger partial charge is 0.341 e. The molecular formula is C15H22BrNO. The Morgan fingerprint density at radius 1 is 1.28 bits per heavy atom. The molecule has 0 radical (unpaired) electrons. The molecular weight excluding hydrogens is 290 g/mol. The first-order chi connectivity index (χ1) is 8.21. The molecule has 1 aromatic rings. The molecule has 2 nitrogen and oxygen atoms in total. The summed E-state index contributed by atoms with van der Waals surface area (Å²) in [7, 11) is 1.83. The number of hydrogen-bond acceptors (Lipinski definition) is 1. The van der Waals surface area contributed by atoms with E-state index in [9.17, 15) is 4.79 Å². The predicted molar refractivity (Wildman–Crippen MR) is 80.5 cm³/mol. The molecule has 1 unspecified atom stereocenters. The maximum atomic E-state index is 12.1. The van der Waals surface area contributed by atoms with Gasteiger partial charge in [-0.15, -0.1) is 0 Å². The molecule has 1 aromatic carbocycles. The van der Waals surface area contributed by atoms with Gasteiger partial charge in [0.05, 0.1) is 0 Å². The quantitative estimate of drug-likeness (QED) is 0.777. The number of carbonyl (C=O) groups excluding carboxylic acids is 1. The van der Waals surface area contributed by atoms with Crippen LogP contribution in [0.3, 0.4) is 0 Å². The Kier molecular flexibility index (Phi) is 4.97. The van der Waals surface area contributed by atoms with E-state index in [0.29, 0.717) is 11.4 Å². The summed E-state index contributed by atoms with van der Waals surface area (Å²) in [6.07, 6.45) is 0. The second-order valence-corrected chi connectivity index (χ2v) is 7.36. The van der Waals surface area contributed by atoms with Crippen molar-refractivity contribution in [3.63, 3.8) is 0 Å². The Morgan fingerprint density at radius 3 is 2.17 bits per heavy atom. The third-order valence-electron chi connectivity index (χ3n) is 2.87. The van der Waals surface area contributed by atoms with Crippen LogP contribution in [-0.4, -0.2) is 29.2 Å². The molecule has 100 valence electrons. The fourth-order valence-corrected chi connectivity index (χ4v) is 2.23. The first kappa shape index (κ1) is 15.2. The molecule has 0 N–H and O–H groups in total. The number of hydrogen-bond donors (Lipinski definition) is 0. The van der Waals surface area contributed by atoms with Gasteiger partial charge in [0.15, 0.2) is 0 Å². The second kappa shape index (κ2) is 5.87. The summed E-state index contributed by atoms with van der Waals surface area (Å²) in [5.41, 5.74) is 2.12. The summed E-state index contributed by atoms with van der Waals surface area (Å²) in [4.78, 5) is 14.2. The number of nitrogens with zero attached hydrogens (tertiary/aromatic N) is 1. The molecule has 0 heterocycles. The molecule has 1 rings (SSSR count). The minimum absolute atomic E-state index is 0.0711. The zero-order valence-corrected chi connectivity index (χ0v) is 13.4. The number of carbonyl (C=O) groups is 1. The Morgan fingerprint density at radius 2 is 1.78 bits per heavy atom. The molecule has 0 aromatic heterocycles. The minimum atomic E-state index is 0.0711. The van der Waals surface area contributed by atoms with E-state index in [2.05, 4.69) is 36.7 Å². The normalized spacial score (nSPS) is 13.2. The molecule has 0 saturated heterocycles. The van der Waals surface area contributed by atoms with Gasteiger partial charge in [0.2, 0.25) is 0 Å². The van der Waals surface area contributed by atoms with E-state index in [-0.39, 0.29) is 11.3 Å². The zero-order valence-electron chi connectivity index (χ0n) is 11.8. The summed E-state index contributed by atoms with van der Waals surface area (Å²) in [6.45, 7) is 9.25. The van der Waals surface area contributed by atoms with Gasteiger partial charge in [-0.05, 0) is 23.1 Å². The van der Waals surface area contributed by atoms with Crippen molar-refractivity contribution in [3.05, 3.63) is 35.4 Å². The van der Waals surface area contributed by atoms with Gasteiger partial charge >= 0.3 is 0 Å². The highest BCUT2D eigenvalue weighted by atomic mass is 79.9. The lowest BCUT2D eigenvalue weighted by Gasteiger charge is -2.21. The van der Waals surface area contributed by atoms with Gasteiger partial charge in [-0.2, -0.15) is 0 Å². The molecule has 0 aliphatic rings. The van der Waals surface area contributed by atoms with Gasteiger partial charge in [-0.1, -0.05) is 55.8 Å². The topological polar surface area (TPSA) is 20.3 Å². The van der Waals surface area contributed by atoms with Crippen LogP contribution < -0.4 is 0 Å². The van der Waals surface area contributed by atoms with Crippen molar-refractivity contribution in [2.24, 2.45) is 0 Å². The van der Waals surface area contributed by atoms with Crippen LogP contribution in [0.2, 0.25) is 0 Å². The molecule has 0 aliphatic carbocycles. The Balaban J connectivity index is 2.82. The SMILES string of the molecule is CC(Br)CN(C)C(=O)c1ccc(C(C)(C)C)cc1. The number of halogens is 1. The lowest BCUT2D eigenvalue weighted by molar-refractivity contribution is 0.0797. The summed E-state index contributed by atoms with van der Waals surface area (Å²) < 4.78 is 0. The Labute approximate surface area is 119 Å². The van der Waals surface area contributed by atoms with Crippen LogP contribution in [0, 0.1) is 0 Å². The Bertz CT molecular complexity index is 403. The van der Waals surface area contributed by atoms with E-state index in [4.69, 9.17) is 0 Å². The van der Waals surface area contributed by atoms with E-state index >= 15 is 0 Å². The summed E-state index contributed by atoms with van der Waals surface area (Å²) >= 11 is 3.46. The zero-order chi connectivity index (χ0) is 13.9. The minimum Gasteiger partial charge on any atom is -0.341 e. The number of alkyl halides is 1. The average Bonchev–Trinajstić information content (AvgIpc) is 2.26. The lowest BCUT2D eigenvalue weighted by Crippen LogP contribution is -2.31. The van der Waals surface area contributed by atoms with Gasteiger partial charge in [0.25, 0.3) is 5.91 Å². The van der Waals surface area contributed by atoms with Crippen molar-refractivity contribution in [1.29, 1.82) is 0 Å². The molecule has 1 atom stereocenters. The van der Waals surface area contributed by atoms with Crippen LogP contribution >= 0.6 is 15.9 Å². The van der Waals surface area contributed by atoms with Gasteiger partial charge < -0.3 is 4.90 Å². The number of benzene rings is 1. The maximum Gasteiger partial charge on any atom is 0.253 e. The van der Waals surface area contributed by atoms with Crippen molar-refractivity contribution in [3.8, 4) is 0 Å². The van der Waals surface area contributed by atoms with Gasteiger partial charge in [0, 0.05) is 24.0 Å². The van der Waals surface area contributed by atoms with E-state index in [0.717, 1.165) is 5.56 Å². The third kappa shape index (κ3) is 4.13. The van der Waals surface area contributed by atoms with E-state index in [1.165, 1.54) is 5.56 Å². The van der Waals surface area contributed by atoms with Gasteiger partial charge in [0.1, 0.15) is 0 Å². The highest BCUT2D eigenvalue weighted by Gasteiger charge is 2.16. The summed E-state index contributed by atoms with van der Waals surface area (Å²) in [6, 6.07) is 7.91. The first-order valence-electron chi connectivity index (χ1n) is 6.22. The van der Waals surface area contributed by atoms with Crippen molar-refractivity contribution in [1.82, 2.24) is 4.90 Å². The van der Waals surface area contributed by atoms with Crippen molar-refractivity contribution in [2.75, 3.05) is 13.6 Å². The van der Waals surface area contributed by atoms with E-state index < -0.39 is 0 Å². The maximum absolute atomic E-state index is 12.1. The fourth-order valence-electron chi connectivity index (χ4n) is 1.79. The average molecular weight is 312 g/mol. The van der Waals surface area contributed by atoms with E-state index in [1.54, 1.807) is 4.90 Å². The van der Waals surface area contributed by atoms with Crippen LogP contribution in [0.15, 0.2) is 24.3 Å². The molecule has 0 bridgehead atoms. The first-order valence-corrected chi connectivity index (χ1v) is 7.13. The highest BCUT2D eigenvalue weighted by Crippen LogP contribution is 2.22. The number of amides is 1. The summed E-state index contributed by atoms with van der Waals surface area (Å²) in [5.74, 6) is 0.0711. The van der Waals surface area contributed by atoms with E-state index in [1.807, 2.05) is 38.2 Å². The molecule has 0 aliphatic heterocycles. The molecule has 1 amide bonds. The molecule has 0 fully saturated rings. The third-order valence-corrected chi connectivity index (χ3v) is 3.16. The van der Waals surface area contributed by atoms with Crippen molar-refractivity contribution in [2.45, 2.75) is 37.9 Å². The van der Waals surface area contributed by atoms with Crippen molar-refractivity contribution >= 4 is 21.8 Å². The molecule has 18 heavy (non-hydrogen) atoms. The lowest BCUT2D eigenvalue weighted by atomic mass is 9.86. The predicted octanol–water partition coefficient (Wildman–Crippen LogP) is 3.84. The van der Waals surface area contributed by atoms with Crippen molar-refractivity contribution < 1.29 is 4.79 Å². The van der Waals surface area contributed by atoms with Gasteiger partial charge in [-0.3, -0.25) is 4.79 Å². The fraction of sp³-hybridized carbons (Fsp3) is 0.533. The Hall–Kier alpha value is -0.830. The monoisotopic (exact) mass is 311 g/mol. The smallest absolute Gasteiger partial charge is 0.253 e. The standard InChI is InChI=1S/C15H22BrNO/c1-11(16)10-17(5)14(18)12-6-8-13(9-7-12)15(2,3)4/h6-9,11H,10H2,1-5H3. The number of rotatable bonds is 3.